The zero-order chi connectivity index (χ0) is 47.0. The van der Waals surface area contributed by atoms with Crippen LogP contribution in [0.2, 0.25) is 0 Å². The number of fused-ring (bicyclic) bond motifs is 12. The molecule has 334 valence electrons. The molecule has 14 aromatic rings. The van der Waals surface area contributed by atoms with Crippen LogP contribution in [-0.2, 0) is 0 Å². The Labute approximate surface area is 452 Å². The SMILES string of the molecule is Brc1ccc(-n2c3ccccc3c3cc(-c4cccc5c4sc4ccccc45)ccc32)cc1.Brc1ccc(I)cc1.CI.c1ccc2c(c1)[nH]c1ccc(-c3cccc4c3sc3ccccc34)cc12. The molecule has 8 heteroatoms. The van der Waals surface area contributed by atoms with Gasteiger partial charge in [-0.25, -0.2) is 0 Å². The fourth-order valence-corrected chi connectivity index (χ4v) is 12.8. The molecule has 0 atom stereocenters. The lowest BCUT2D eigenvalue weighted by Gasteiger charge is -2.09. The lowest BCUT2D eigenvalue weighted by Crippen LogP contribution is -1.93. The van der Waals surface area contributed by atoms with E-state index in [9.17, 15) is 0 Å². The van der Waals surface area contributed by atoms with Crippen LogP contribution < -0.4 is 0 Å². The number of halogens is 4. The molecule has 0 unspecified atom stereocenters. The summed E-state index contributed by atoms with van der Waals surface area (Å²) in [7, 11) is 0. The van der Waals surface area contributed by atoms with Crippen LogP contribution in [0.1, 0.15) is 0 Å². The molecule has 0 aliphatic rings. The number of aromatic amines is 1. The molecule has 0 radical (unpaired) electrons. The summed E-state index contributed by atoms with van der Waals surface area (Å²) in [5, 5.41) is 10.5. The number of hydrogen-bond acceptors (Lipinski definition) is 2. The smallest absolute Gasteiger partial charge is 0.0541 e. The first-order valence-electron chi connectivity index (χ1n) is 22.3. The highest BCUT2D eigenvalue weighted by molar-refractivity contribution is 14.1. The molecular weight excluding hydrogens is 1240 g/mol. The molecule has 0 aliphatic heterocycles. The third kappa shape index (κ3) is 8.93. The first-order chi connectivity index (χ1) is 33.9. The van der Waals surface area contributed by atoms with Crippen molar-refractivity contribution in [3.05, 3.63) is 231 Å². The molecule has 0 amide bonds. The van der Waals surface area contributed by atoms with Crippen LogP contribution in [0.5, 0.6) is 0 Å². The summed E-state index contributed by atoms with van der Waals surface area (Å²) >= 11 is 15.1. The Morgan fingerprint density at radius 2 is 0.855 bits per heavy atom. The van der Waals surface area contributed by atoms with Gasteiger partial charge in [-0.3, -0.25) is 0 Å². The molecule has 2 nitrogen and oxygen atoms in total. The highest BCUT2D eigenvalue weighted by Gasteiger charge is 2.16. The molecule has 0 saturated carbocycles. The number of nitrogens with zero attached hydrogens (tertiary/aromatic N) is 1. The van der Waals surface area contributed by atoms with E-state index < -0.39 is 0 Å². The molecule has 0 bridgehead atoms. The van der Waals surface area contributed by atoms with Crippen molar-refractivity contribution in [3.8, 4) is 27.9 Å². The molecule has 4 aromatic heterocycles. The molecule has 0 saturated heterocycles. The normalized spacial score (nSPS) is 11.3. The molecule has 0 fully saturated rings. The van der Waals surface area contributed by atoms with E-state index in [1.165, 1.54) is 115 Å². The third-order valence-electron chi connectivity index (χ3n) is 12.5. The van der Waals surface area contributed by atoms with Gasteiger partial charge in [0.25, 0.3) is 0 Å². The fourth-order valence-electron chi connectivity index (χ4n) is 9.40. The van der Waals surface area contributed by atoms with E-state index >= 15 is 0 Å². The summed E-state index contributed by atoms with van der Waals surface area (Å²) in [4.78, 5) is 5.49. The zero-order valence-corrected chi connectivity index (χ0v) is 46.2. The Bertz CT molecular complexity index is 4130. The summed E-state index contributed by atoms with van der Waals surface area (Å²) < 4.78 is 11.3. The van der Waals surface area contributed by atoms with E-state index in [2.05, 4.69) is 293 Å². The van der Waals surface area contributed by atoms with Crippen molar-refractivity contribution in [1.82, 2.24) is 9.55 Å². The minimum Gasteiger partial charge on any atom is -0.355 e. The predicted octanol–water partition coefficient (Wildman–Crippen LogP) is 21.0. The first kappa shape index (κ1) is 46.1. The van der Waals surface area contributed by atoms with Crippen molar-refractivity contribution in [2.24, 2.45) is 0 Å². The van der Waals surface area contributed by atoms with Crippen molar-refractivity contribution in [1.29, 1.82) is 0 Å². The lowest BCUT2D eigenvalue weighted by atomic mass is 10.0. The Kier molecular flexibility index (Phi) is 13.5. The van der Waals surface area contributed by atoms with Gasteiger partial charge in [0, 0.05) is 91.1 Å². The summed E-state index contributed by atoms with van der Waals surface area (Å²) in [6.45, 7) is 0. The Hall–Kier alpha value is -5.34. The largest absolute Gasteiger partial charge is 0.355 e. The highest BCUT2D eigenvalue weighted by Crippen LogP contribution is 2.43. The van der Waals surface area contributed by atoms with Crippen LogP contribution in [0, 0.1) is 3.57 Å². The first-order valence-corrected chi connectivity index (χ1v) is 28.8. The fraction of sp³-hybridized carbons (Fsp3) is 0.0164. The Morgan fingerprint density at radius 3 is 1.46 bits per heavy atom. The monoisotopic (exact) mass is 1280 g/mol. The average molecular weight is 1280 g/mol. The summed E-state index contributed by atoms with van der Waals surface area (Å²) in [6, 6.07) is 78.4. The van der Waals surface area contributed by atoms with Crippen LogP contribution >= 0.6 is 99.7 Å². The van der Waals surface area contributed by atoms with Crippen molar-refractivity contribution < 1.29 is 0 Å². The van der Waals surface area contributed by atoms with E-state index in [1.807, 2.05) is 39.7 Å². The van der Waals surface area contributed by atoms with Gasteiger partial charge in [0.1, 0.15) is 0 Å². The zero-order valence-electron chi connectivity index (χ0n) is 37.1. The van der Waals surface area contributed by atoms with Gasteiger partial charge in [-0.2, -0.15) is 0 Å². The third-order valence-corrected chi connectivity index (χ3v) is 16.7. The summed E-state index contributed by atoms with van der Waals surface area (Å²) in [6.07, 6.45) is 0. The number of thiophene rings is 2. The van der Waals surface area contributed by atoms with Gasteiger partial charge >= 0.3 is 0 Å². The van der Waals surface area contributed by atoms with Crippen LogP contribution in [0.25, 0.3) is 112 Å². The van der Waals surface area contributed by atoms with Crippen molar-refractivity contribution in [3.63, 3.8) is 0 Å². The summed E-state index contributed by atoms with van der Waals surface area (Å²) in [5.74, 6) is 0. The van der Waals surface area contributed by atoms with Crippen molar-refractivity contribution in [2.45, 2.75) is 0 Å². The van der Waals surface area contributed by atoms with Gasteiger partial charge < -0.3 is 9.55 Å². The maximum absolute atomic E-state index is 3.57. The molecule has 10 aromatic carbocycles. The number of aromatic nitrogens is 2. The second kappa shape index (κ2) is 20.2. The Balaban J connectivity index is 0.000000128. The van der Waals surface area contributed by atoms with Crippen molar-refractivity contribution in [2.75, 3.05) is 4.93 Å². The second-order valence-corrected chi connectivity index (χ2v) is 21.7. The lowest BCUT2D eigenvalue weighted by molar-refractivity contribution is 1.18. The number of alkyl halides is 1. The number of benzene rings is 10. The summed E-state index contributed by atoms with van der Waals surface area (Å²) in [5.41, 5.74) is 11.2. The molecule has 1 N–H and O–H groups in total. The average Bonchev–Trinajstić information content (AvgIpc) is 4.17. The predicted molar refractivity (Wildman–Crippen MR) is 328 cm³/mol. The van der Waals surface area contributed by atoms with Crippen LogP contribution in [0.4, 0.5) is 0 Å². The van der Waals surface area contributed by atoms with Gasteiger partial charge in [0.05, 0.1) is 11.0 Å². The van der Waals surface area contributed by atoms with E-state index in [-0.39, 0.29) is 0 Å². The van der Waals surface area contributed by atoms with Gasteiger partial charge in [-0.15, -0.1) is 22.7 Å². The number of rotatable bonds is 3. The van der Waals surface area contributed by atoms with Crippen LogP contribution in [0.3, 0.4) is 0 Å². The van der Waals surface area contributed by atoms with E-state index in [0.29, 0.717) is 0 Å². The minimum absolute atomic E-state index is 1.09. The van der Waals surface area contributed by atoms with Crippen molar-refractivity contribution >= 4 is 184 Å². The van der Waals surface area contributed by atoms with Gasteiger partial charge in [0.2, 0.25) is 0 Å². The highest BCUT2D eigenvalue weighted by atomic mass is 127. The molecule has 69 heavy (non-hydrogen) atoms. The minimum atomic E-state index is 1.09. The van der Waals surface area contributed by atoms with E-state index in [0.717, 1.165) is 8.95 Å². The van der Waals surface area contributed by atoms with Gasteiger partial charge in [-0.1, -0.05) is 176 Å². The van der Waals surface area contributed by atoms with Crippen LogP contribution in [-0.4, -0.2) is 14.5 Å². The second-order valence-electron chi connectivity index (χ2n) is 16.5. The molecular formula is C61H40Br2I2N2S2. The number of para-hydroxylation sites is 2. The van der Waals surface area contributed by atoms with Gasteiger partial charge in [0.15, 0.2) is 0 Å². The maximum Gasteiger partial charge on any atom is 0.0541 e. The molecule has 0 aliphatic carbocycles. The number of H-pyrrole nitrogens is 1. The van der Waals surface area contributed by atoms with E-state index in [1.54, 1.807) is 0 Å². The number of hydrogen-bond donors (Lipinski definition) is 1. The molecule has 4 heterocycles. The Morgan fingerprint density at radius 1 is 0.391 bits per heavy atom. The van der Waals surface area contributed by atoms with E-state index in [4.69, 9.17) is 0 Å². The number of nitrogens with one attached hydrogen (secondary N) is 1. The maximum atomic E-state index is 3.57. The standard InChI is InChI=1S/C30H18BrNS.C24H15NS.C6H4BrI.CH3I/c31-20-13-15-21(16-14-20)32-27-10-3-1-6-23(27)26-18-19(12-17-28(26)32)22-8-5-9-25-24-7-2-4-11-29(24)33-30(22)25;1-3-10-21-17(6-1)20-14-15(12-13-22(20)25-21)16-8-5-9-19-18-7-2-4-11-23(18)26-24(16)19;7-5-1-3-6(8)4-2-5;1-2/h1-18H;1-14,25H;1-4H;1H3. The molecule has 14 rings (SSSR count). The van der Waals surface area contributed by atoms with Gasteiger partial charge in [-0.05, 0) is 147 Å². The topological polar surface area (TPSA) is 20.7 Å². The molecule has 0 spiro atoms. The quantitative estimate of drug-likeness (QED) is 0.134. The van der Waals surface area contributed by atoms with Crippen LogP contribution in [0.15, 0.2) is 227 Å².